The van der Waals surface area contributed by atoms with Gasteiger partial charge in [0.2, 0.25) is 5.89 Å². The number of methoxy groups -OCH3 is 2. The van der Waals surface area contributed by atoms with Gasteiger partial charge in [0.25, 0.3) is 5.89 Å². The highest BCUT2D eigenvalue weighted by atomic mass is 32.1. The number of hydrogen-bond donors (Lipinski definition) is 0. The quantitative estimate of drug-likeness (QED) is 0.420. The summed E-state index contributed by atoms with van der Waals surface area (Å²) < 4.78 is 17.1. The van der Waals surface area contributed by atoms with Gasteiger partial charge in [-0.25, -0.2) is 0 Å². The van der Waals surface area contributed by atoms with Crippen molar-refractivity contribution in [3.63, 3.8) is 0 Å². The third-order valence-electron chi connectivity index (χ3n) is 5.32. The minimum absolute atomic E-state index is 0.102. The Morgan fingerprint density at radius 3 is 2.60 bits per heavy atom. The molecule has 0 aliphatic carbocycles. The number of thiophene rings is 2. The smallest absolute Gasteiger partial charge is 0.257 e. The van der Waals surface area contributed by atoms with Gasteiger partial charge >= 0.3 is 0 Å². The molecular formula is C22H21N3O3S2. The van der Waals surface area contributed by atoms with E-state index in [-0.39, 0.29) is 6.04 Å². The van der Waals surface area contributed by atoms with Crippen molar-refractivity contribution in [3.05, 3.63) is 69.1 Å². The summed E-state index contributed by atoms with van der Waals surface area (Å²) in [6, 6.07) is 12.6. The largest absolute Gasteiger partial charge is 0.493 e. The van der Waals surface area contributed by atoms with Gasteiger partial charge < -0.3 is 13.9 Å². The molecule has 0 spiro atoms. The Labute approximate surface area is 182 Å². The van der Waals surface area contributed by atoms with Crippen LogP contribution in [-0.4, -0.2) is 35.9 Å². The molecule has 4 heterocycles. The standard InChI is InChI=1S/C22H21N3O3S2/c1-26-16-11-14-7-8-25(13-20-23-24-22(28-20)19-6-4-10-30-19)21(18-5-3-9-29-18)15(14)12-17(16)27-2/h3-6,9-12,21H,7-8,13H2,1-2H3. The molecule has 1 aromatic carbocycles. The lowest BCUT2D eigenvalue weighted by Crippen LogP contribution is -2.35. The monoisotopic (exact) mass is 439 g/mol. The van der Waals surface area contributed by atoms with Gasteiger partial charge in [-0.05, 0) is 52.6 Å². The van der Waals surface area contributed by atoms with Crippen LogP contribution in [0.15, 0.2) is 51.6 Å². The molecule has 1 unspecified atom stereocenters. The predicted molar refractivity (Wildman–Crippen MR) is 117 cm³/mol. The number of nitrogens with zero attached hydrogens (tertiary/aromatic N) is 3. The van der Waals surface area contributed by atoms with Crippen LogP contribution in [0.4, 0.5) is 0 Å². The summed E-state index contributed by atoms with van der Waals surface area (Å²) >= 11 is 3.35. The maximum Gasteiger partial charge on any atom is 0.257 e. The molecule has 1 aliphatic heterocycles. The average molecular weight is 440 g/mol. The van der Waals surface area contributed by atoms with E-state index in [0.29, 0.717) is 18.3 Å². The SMILES string of the molecule is COc1cc2c(cc1OC)C(c1cccs1)N(Cc1nnc(-c3cccs3)o1)CC2. The van der Waals surface area contributed by atoms with Gasteiger partial charge in [0, 0.05) is 11.4 Å². The molecule has 0 radical (unpaired) electrons. The van der Waals surface area contributed by atoms with E-state index in [9.17, 15) is 0 Å². The van der Waals surface area contributed by atoms with Gasteiger partial charge in [-0.2, -0.15) is 0 Å². The molecule has 4 aromatic rings. The molecule has 0 bridgehead atoms. The molecule has 154 valence electrons. The molecule has 5 rings (SSSR count). The van der Waals surface area contributed by atoms with Crippen molar-refractivity contribution < 1.29 is 13.9 Å². The van der Waals surface area contributed by atoms with Crippen LogP contribution in [0.1, 0.15) is 27.9 Å². The maximum atomic E-state index is 5.97. The maximum absolute atomic E-state index is 5.97. The highest BCUT2D eigenvalue weighted by Crippen LogP contribution is 2.42. The normalized spacial score (nSPS) is 16.4. The van der Waals surface area contributed by atoms with Gasteiger partial charge in [-0.3, -0.25) is 4.90 Å². The van der Waals surface area contributed by atoms with Crippen molar-refractivity contribution in [3.8, 4) is 22.3 Å². The Hall–Kier alpha value is -2.68. The summed E-state index contributed by atoms with van der Waals surface area (Å²) in [5.74, 6) is 2.73. The third kappa shape index (κ3) is 3.51. The fourth-order valence-corrected chi connectivity index (χ4v) is 5.46. The summed E-state index contributed by atoms with van der Waals surface area (Å²) in [4.78, 5) is 4.66. The molecule has 6 nitrogen and oxygen atoms in total. The summed E-state index contributed by atoms with van der Waals surface area (Å²) in [5, 5.41) is 12.7. The van der Waals surface area contributed by atoms with Crippen molar-refractivity contribution >= 4 is 22.7 Å². The number of fused-ring (bicyclic) bond motifs is 1. The summed E-state index contributed by atoms with van der Waals surface area (Å²) in [6.45, 7) is 1.48. The Morgan fingerprint density at radius 1 is 1.07 bits per heavy atom. The first-order valence-electron chi connectivity index (χ1n) is 9.65. The van der Waals surface area contributed by atoms with Crippen LogP contribution in [0.25, 0.3) is 10.8 Å². The second-order valence-electron chi connectivity index (χ2n) is 7.02. The minimum atomic E-state index is 0.102. The lowest BCUT2D eigenvalue weighted by molar-refractivity contribution is 0.187. The van der Waals surface area contributed by atoms with Crippen LogP contribution in [-0.2, 0) is 13.0 Å². The number of ether oxygens (including phenoxy) is 2. The Bertz CT molecular complexity index is 1120. The topological polar surface area (TPSA) is 60.6 Å². The number of hydrogen-bond acceptors (Lipinski definition) is 8. The van der Waals surface area contributed by atoms with E-state index in [0.717, 1.165) is 29.3 Å². The summed E-state index contributed by atoms with van der Waals surface area (Å²) in [7, 11) is 3.35. The van der Waals surface area contributed by atoms with Gasteiger partial charge in [0.05, 0.1) is 31.7 Å². The van der Waals surface area contributed by atoms with Crippen LogP contribution in [0.2, 0.25) is 0 Å². The fraction of sp³-hybridized carbons (Fsp3) is 0.273. The fourth-order valence-electron chi connectivity index (χ4n) is 3.94. The third-order valence-corrected chi connectivity index (χ3v) is 7.11. The Balaban J connectivity index is 1.50. The lowest BCUT2D eigenvalue weighted by Gasteiger charge is -2.36. The number of rotatable bonds is 6. The van der Waals surface area contributed by atoms with Crippen LogP contribution in [0.5, 0.6) is 11.5 Å². The van der Waals surface area contributed by atoms with E-state index in [2.05, 4.69) is 44.7 Å². The highest BCUT2D eigenvalue weighted by Gasteiger charge is 2.32. The van der Waals surface area contributed by atoms with Gasteiger partial charge in [-0.15, -0.1) is 32.9 Å². The molecule has 0 amide bonds. The molecule has 0 N–H and O–H groups in total. The van der Waals surface area contributed by atoms with Crippen molar-refractivity contribution in [2.75, 3.05) is 20.8 Å². The average Bonchev–Trinajstić information content (AvgIpc) is 3.55. The van der Waals surface area contributed by atoms with Crippen LogP contribution >= 0.6 is 22.7 Å². The molecule has 8 heteroatoms. The molecular weight excluding hydrogens is 418 g/mol. The van der Waals surface area contributed by atoms with E-state index in [1.54, 1.807) is 36.9 Å². The molecule has 30 heavy (non-hydrogen) atoms. The minimum Gasteiger partial charge on any atom is -0.493 e. The van der Waals surface area contributed by atoms with E-state index < -0.39 is 0 Å². The lowest BCUT2D eigenvalue weighted by atomic mass is 9.91. The van der Waals surface area contributed by atoms with Gasteiger partial charge in [0.1, 0.15) is 0 Å². The van der Waals surface area contributed by atoms with Gasteiger partial charge in [0.15, 0.2) is 11.5 Å². The summed E-state index contributed by atoms with van der Waals surface area (Å²) in [6.07, 6.45) is 0.920. The summed E-state index contributed by atoms with van der Waals surface area (Å²) in [5.41, 5.74) is 2.52. The molecule has 1 atom stereocenters. The number of benzene rings is 1. The second-order valence-corrected chi connectivity index (χ2v) is 8.95. The highest BCUT2D eigenvalue weighted by molar-refractivity contribution is 7.13. The van der Waals surface area contributed by atoms with Crippen molar-refractivity contribution in [1.29, 1.82) is 0 Å². The Morgan fingerprint density at radius 2 is 1.87 bits per heavy atom. The molecule has 0 saturated heterocycles. The Kier molecular flexibility index (Phi) is 5.28. The zero-order valence-corrected chi connectivity index (χ0v) is 18.3. The molecule has 0 saturated carbocycles. The molecule has 0 fully saturated rings. The first-order valence-corrected chi connectivity index (χ1v) is 11.4. The van der Waals surface area contributed by atoms with E-state index >= 15 is 0 Å². The van der Waals surface area contributed by atoms with E-state index in [1.165, 1.54) is 16.0 Å². The van der Waals surface area contributed by atoms with Crippen LogP contribution in [0, 0.1) is 0 Å². The molecule has 3 aromatic heterocycles. The first-order chi connectivity index (χ1) is 14.8. The van der Waals surface area contributed by atoms with E-state index in [4.69, 9.17) is 13.9 Å². The van der Waals surface area contributed by atoms with Gasteiger partial charge in [-0.1, -0.05) is 12.1 Å². The van der Waals surface area contributed by atoms with Crippen LogP contribution < -0.4 is 9.47 Å². The van der Waals surface area contributed by atoms with Crippen molar-refractivity contribution in [2.24, 2.45) is 0 Å². The van der Waals surface area contributed by atoms with Crippen LogP contribution in [0.3, 0.4) is 0 Å². The first kappa shape index (κ1) is 19.3. The zero-order valence-electron chi connectivity index (χ0n) is 16.7. The number of aromatic nitrogens is 2. The molecule has 1 aliphatic rings. The van der Waals surface area contributed by atoms with E-state index in [1.807, 2.05) is 17.5 Å². The van der Waals surface area contributed by atoms with Crippen molar-refractivity contribution in [2.45, 2.75) is 19.0 Å². The predicted octanol–water partition coefficient (Wildman–Crippen LogP) is 5.02. The zero-order chi connectivity index (χ0) is 20.5. The second kappa shape index (κ2) is 8.22. The van der Waals surface area contributed by atoms with Crippen molar-refractivity contribution in [1.82, 2.24) is 15.1 Å².